The number of alkyl halides is 6. The van der Waals surface area contributed by atoms with E-state index in [2.05, 4.69) is 0 Å². The second-order valence-corrected chi connectivity index (χ2v) is 28.7. The van der Waals surface area contributed by atoms with E-state index in [9.17, 15) is 66.3 Å². The smallest absolute Gasteiger partial charge is 0.449 e. The fraction of sp³-hybridized carbons (Fsp3) is 0.246. The molecular weight excluding hydrogens is 1240 g/mol. The highest BCUT2D eigenvalue weighted by Crippen LogP contribution is 2.42. The lowest BCUT2D eigenvalue weighted by atomic mass is 9.95. The summed E-state index contributed by atoms with van der Waals surface area (Å²) in [6, 6.07) is 30.3. The normalized spacial score (nSPS) is 12.8. The summed E-state index contributed by atoms with van der Waals surface area (Å²) in [6.45, 7) is 6.42. The van der Waals surface area contributed by atoms with Crippen LogP contribution < -0.4 is 4.72 Å². The lowest BCUT2D eigenvalue weighted by molar-refractivity contribution is -0.154. The van der Waals surface area contributed by atoms with Gasteiger partial charge in [0.1, 0.15) is 23.8 Å². The topological polar surface area (TPSA) is 256 Å². The second kappa shape index (κ2) is 25.3. The van der Waals surface area contributed by atoms with Crippen LogP contribution in [0.1, 0.15) is 73.1 Å². The number of nitrogens with zero attached hydrogens (tertiary/aromatic N) is 2. The third-order valence-electron chi connectivity index (χ3n) is 14.1. The van der Waals surface area contributed by atoms with E-state index in [4.69, 9.17) is 13.9 Å². The lowest BCUT2D eigenvalue weighted by Crippen LogP contribution is -2.31. The Morgan fingerprint density at radius 2 is 0.977 bits per heavy atom. The van der Waals surface area contributed by atoms with E-state index >= 15 is 8.42 Å². The summed E-state index contributed by atoms with van der Waals surface area (Å²) in [5, 5.41) is 18.6. The van der Waals surface area contributed by atoms with Crippen molar-refractivity contribution in [3.05, 3.63) is 207 Å². The van der Waals surface area contributed by atoms with Crippen molar-refractivity contribution in [1.29, 1.82) is 0 Å². The minimum atomic E-state index is -5.20. The van der Waals surface area contributed by atoms with Gasteiger partial charge in [0.25, 0.3) is 0 Å². The quantitative estimate of drug-likeness (QED) is 0.0504. The SMILES string of the molecule is Cc1cc(C)c(S(=O)(=O)N(Cc2ccc(-c3ccc(-c4cc(C(F)(F)F)oc4CN(Cc4ccc(-c5cccc(S(=O)(=O)NCC(=O)O)c5)cc4)S(=O)(=O)c4c(C)cc(C)cc4C)c(CS(=O)(=O)CC(=O)O)c3)cc2)Cc2ccc(C(F)(F)F)o2)c(C)c1. The number of aryl methyl sites for hydroxylation is 6. The predicted octanol–water partition coefficient (Wildman–Crippen LogP) is 11.9. The molecule has 0 aliphatic heterocycles. The minimum absolute atomic E-state index is 0.0723. The Morgan fingerprint density at radius 3 is 1.44 bits per heavy atom. The second-order valence-electron chi connectivity index (χ2n) is 21.1. The van der Waals surface area contributed by atoms with Crippen molar-refractivity contribution < 1.29 is 88.7 Å². The molecule has 0 saturated carbocycles. The molecule has 0 aliphatic rings. The van der Waals surface area contributed by atoms with Gasteiger partial charge in [0.15, 0.2) is 9.84 Å². The molecule has 0 atom stereocenters. The zero-order valence-electron chi connectivity index (χ0n) is 47.7. The van der Waals surface area contributed by atoms with Crippen molar-refractivity contribution in [3.63, 3.8) is 0 Å². The van der Waals surface area contributed by atoms with Gasteiger partial charge >= 0.3 is 24.3 Å². The fourth-order valence-electron chi connectivity index (χ4n) is 10.4. The Labute approximate surface area is 504 Å². The Balaban J connectivity index is 1.20. The number of carbonyl (C=O) groups is 2. The molecule has 3 N–H and O–H groups in total. The van der Waals surface area contributed by atoms with Gasteiger partial charge in [-0.2, -0.15) is 39.7 Å². The first-order valence-electron chi connectivity index (χ1n) is 26.5. The third kappa shape index (κ3) is 15.3. The minimum Gasteiger partial charge on any atom is -0.480 e. The van der Waals surface area contributed by atoms with Crippen molar-refractivity contribution >= 4 is 51.8 Å². The maximum atomic E-state index is 15.1. The van der Waals surface area contributed by atoms with Crippen LogP contribution in [0.25, 0.3) is 33.4 Å². The largest absolute Gasteiger partial charge is 0.480 e. The molecule has 0 saturated heterocycles. The third-order valence-corrected chi connectivity index (χ3v) is 21.1. The van der Waals surface area contributed by atoms with Crippen molar-refractivity contribution in [3.8, 4) is 33.4 Å². The van der Waals surface area contributed by atoms with E-state index in [0.29, 0.717) is 62.2 Å². The molecule has 0 amide bonds. The monoisotopic (exact) mass is 1300 g/mol. The Bertz CT molecular complexity index is 4420. The van der Waals surface area contributed by atoms with Crippen LogP contribution >= 0.6 is 0 Å². The number of halogens is 6. The average Bonchev–Trinajstić information content (AvgIpc) is 1.47. The van der Waals surface area contributed by atoms with Gasteiger partial charge in [-0.15, -0.1) is 0 Å². The summed E-state index contributed by atoms with van der Waals surface area (Å²) in [5.41, 5.74) is 3.90. The molecule has 0 bridgehead atoms. The first kappa shape index (κ1) is 66.0. The molecule has 0 spiro atoms. The van der Waals surface area contributed by atoms with Crippen LogP contribution in [-0.2, 0) is 93.8 Å². The Kier molecular flexibility index (Phi) is 19.0. The molecule has 6 aromatic carbocycles. The number of carboxylic acid groups (broad SMARTS) is 2. The van der Waals surface area contributed by atoms with Gasteiger partial charge in [-0.05, 0) is 145 Å². The number of aliphatic carboxylic acids is 2. The zero-order chi connectivity index (χ0) is 64.6. The summed E-state index contributed by atoms with van der Waals surface area (Å²) in [4.78, 5) is 22.5. The molecule has 466 valence electrons. The van der Waals surface area contributed by atoms with E-state index in [1.165, 1.54) is 84.9 Å². The van der Waals surface area contributed by atoms with Gasteiger partial charge in [0.2, 0.25) is 41.6 Å². The molecule has 8 aromatic rings. The van der Waals surface area contributed by atoms with Gasteiger partial charge in [0, 0.05) is 18.7 Å². The summed E-state index contributed by atoms with van der Waals surface area (Å²) in [6.07, 6.45) is -10.1. The first-order chi connectivity index (χ1) is 40.9. The van der Waals surface area contributed by atoms with Crippen LogP contribution in [-0.4, -0.2) is 76.7 Å². The Hall–Kier alpha value is -7.92. The number of sulfonamides is 3. The Morgan fingerprint density at radius 1 is 0.500 bits per heavy atom. The van der Waals surface area contributed by atoms with Crippen molar-refractivity contribution in [2.75, 3.05) is 12.3 Å². The molecule has 2 heterocycles. The predicted molar refractivity (Wildman–Crippen MR) is 312 cm³/mol. The highest BCUT2D eigenvalue weighted by atomic mass is 32.2. The molecule has 2 aromatic heterocycles. The number of rotatable bonds is 23. The standard InChI is InChI=1S/C61H57F6N3O14S4/c1-36-22-38(3)58(39(4)23-36)87(79,80)69(32-49-19-21-54(83-49)60(62,63)64)30-42-12-16-45(17-13-42)47-18-20-51(48(26-47)34-85(75,76)35-57(73)74)52-28-55(61(65,66)67)84-53(52)33-70(88(81,82)59-40(5)24-37(2)25-41(59)6)31-43-10-14-44(15-11-43)46-8-7-9-50(27-46)86(77,78)68-29-56(71)72/h7-28,68H,29-35H2,1-6H3,(H,71,72)(H,73,74). The van der Waals surface area contributed by atoms with Gasteiger partial charge in [-0.25, -0.2) is 33.7 Å². The number of furan rings is 2. The molecule has 8 rings (SSSR count). The van der Waals surface area contributed by atoms with E-state index in [1.54, 1.807) is 71.9 Å². The summed E-state index contributed by atoms with van der Waals surface area (Å²) >= 11 is 0. The molecule has 0 aliphatic carbocycles. The van der Waals surface area contributed by atoms with Gasteiger partial charge in [0.05, 0.1) is 33.5 Å². The highest BCUT2D eigenvalue weighted by Gasteiger charge is 2.40. The van der Waals surface area contributed by atoms with E-state index in [-0.39, 0.29) is 42.7 Å². The van der Waals surface area contributed by atoms with Crippen LogP contribution in [0.15, 0.2) is 157 Å². The number of sulfone groups is 1. The summed E-state index contributed by atoms with van der Waals surface area (Å²) < 4.78 is 212. The van der Waals surface area contributed by atoms with E-state index in [0.717, 1.165) is 20.2 Å². The molecule has 17 nitrogen and oxygen atoms in total. The van der Waals surface area contributed by atoms with Crippen LogP contribution in [0.2, 0.25) is 0 Å². The average molecular weight is 1300 g/mol. The number of nitrogens with one attached hydrogen (secondary N) is 1. The van der Waals surface area contributed by atoms with Crippen molar-refractivity contribution in [1.82, 2.24) is 13.3 Å². The van der Waals surface area contributed by atoms with E-state index in [1.807, 2.05) is 4.72 Å². The van der Waals surface area contributed by atoms with Crippen LogP contribution in [0.5, 0.6) is 0 Å². The van der Waals surface area contributed by atoms with Crippen molar-refractivity contribution in [2.45, 2.75) is 101 Å². The van der Waals surface area contributed by atoms with Crippen LogP contribution in [0.3, 0.4) is 0 Å². The van der Waals surface area contributed by atoms with Gasteiger partial charge in [-0.1, -0.05) is 108 Å². The van der Waals surface area contributed by atoms with E-state index < -0.39 is 131 Å². The lowest BCUT2D eigenvalue weighted by Gasteiger charge is -2.25. The first-order valence-corrected chi connectivity index (χ1v) is 32.7. The van der Waals surface area contributed by atoms with Crippen LogP contribution in [0.4, 0.5) is 26.3 Å². The maximum Gasteiger partial charge on any atom is 0.449 e. The molecular formula is C61H57F6N3O14S4. The maximum absolute atomic E-state index is 15.1. The van der Waals surface area contributed by atoms with Gasteiger partial charge in [-0.3, -0.25) is 9.59 Å². The zero-order valence-corrected chi connectivity index (χ0v) is 51.0. The highest BCUT2D eigenvalue weighted by molar-refractivity contribution is 7.91. The van der Waals surface area contributed by atoms with Gasteiger partial charge < -0.3 is 19.0 Å². The molecule has 0 unspecified atom stereocenters. The molecule has 0 fully saturated rings. The fourth-order valence-corrected chi connectivity index (χ4v) is 16.3. The number of hydrogen-bond donors (Lipinski definition) is 3. The number of carboxylic acids is 2. The molecule has 88 heavy (non-hydrogen) atoms. The molecule has 0 radical (unpaired) electrons. The summed E-state index contributed by atoms with van der Waals surface area (Å²) in [5.74, 6) is -9.47. The number of hydrogen-bond acceptors (Lipinski definition) is 12. The van der Waals surface area contributed by atoms with Crippen molar-refractivity contribution in [2.24, 2.45) is 0 Å². The number of benzene rings is 6. The molecule has 27 heteroatoms. The van der Waals surface area contributed by atoms with Crippen LogP contribution in [0, 0.1) is 41.5 Å². The summed E-state index contributed by atoms with van der Waals surface area (Å²) in [7, 11) is -18.1.